The van der Waals surface area contributed by atoms with Gasteiger partial charge in [0.1, 0.15) is 12.0 Å². The van der Waals surface area contributed by atoms with Gasteiger partial charge in [-0.3, -0.25) is 0 Å². The Kier molecular flexibility index (Phi) is 9.46. The number of hydrogen-bond acceptors (Lipinski definition) is 4. The molecule has 0 unspecified atom stereocenters. The largest absolute Gasteiger partial charge is 0.494 e. The van der Waals surface area contributed by atoms with Crippen LogP contribution in [0.1, 0.15) is 58.4 Å². The maximum atomic E-state index is 10.7. The fourth-order valence-corrected chi connectivity index (χ4v) is 2.82. The van der Waals surface area contributed by atoms with Gasteiger partial charge in [0, 0.05) is 25.2 Å². The zero-order valence-electron chi connectivity index (χ0n) is 15.6. The van der Waals surface area contributed by atoms with Crippen molar-refractivity contribution in [3.63, 3.8) is 0 Å². The van der Waals surface area contributed by atoms with Gasteiger partial charge < -0.3 is 19.5 Å². The average Bonchev–Trinajstić information content (AvgIpc) is 2.59. The maximum absolute atomic E-state index is 10.7. The minimum atomic E-state index is -0.164. The molecule has 0 aliphatic heterocycles. The van der Waals surface area contributed by atoms with Gasteiger partial charge in [0.25, 0.3) is 0 Å². The second kappa shape index (κ2) is 11.1. The van der Waals surface area contributed by atoms with Gasteiger partial charge in [-0.15, -0.1) is 0 Å². The second-order valence-electron chi connectivity index (χ2n) is 6.09. The minimum absolute atomic E-state index is 0.164. The molecule has 0 saturated heterocycles. The smallest absolute Gasteiger partial charge is 0.120 e. The molecule has 1 aromatic rings. The number of carbonyl (C=O) groups is 1. The summed E-state index contributed by atoms with van der Waals surface area (Å²) in [6, 6.07) is 6.52. The first-order valence-electron chi connectivity index (χ1n) is 9.26. The molecule has 1 saturated carbocycles. The number of rotatable bonds is 9. The van der Waals surface area contributed by atoms with Crippen LogP contribution >= 0.6 is 0 Å². The normalized spacial score (nSPS) is 18.9. The van der Waals surface area contributed by atoms with Crippen LogP contribution in [0.25, 0.3) is 0 Å². The first kappa shape index (κ1) is 20.5. The molecular weight excluding hydrogens is 302 g/mol. The zero-order chi connectivity index (χ0) is 17.9. The molecule has 2 rings (SSSR count). The summed E-state index contributed by atoms with van der Waals surface area (Å²) in [4.78, 5) is 12.9. The van der Waals surface area contributed by atoms with Crippen LogP contribution in [-0.4, -0.2) is 37.2 Å². The Bertz CT molecular complexity index is 484. The monoisotopic (exact) mass is 335 g/mol. The fraction of sp³-hybridized carbons (Fsp3) is 0.650. The summed E-state index contributed by atoms with van der Waals surface area (Å²) in [5, 5.41) is 9.50. The van der Waals surface area contributed by atoms with Gasteiger partial charge in [0.15, 0.2) is 0 Å². The Hall–Kier alpha value is -1.55. The van der Waals surface area contributed by atoms with Crippen molar-refractivity contribution in [2.75, 3.05) is 18.6 Å². The SMILES string of the molecule is CC.CCCCOc1ccc(N(C)C2CC(O)C2)c(CCC=O)c1. The van der Waals surface area contributed by atoms with E-state index in [1.54, 1.807) is 0 Å². The molecule has 0 aromatic heterocycles. The standard InChI is InChI=1S/C18H27NO3.C2H6/c1-3-4-10-22-17-7-8-18(14(11-17)6-5-9-20)19(2)15-12-16(21)13-15;1-2/h7-9,11,15-16,21H,3-6,10,12-13H2,1-2H3;1-2H3. The lowest BCUT2D eigenvalue weighted by Gasteiger charge is -2.40. The van der Waals surface area contributed by atoms with Crippen molar-refractivity contribution in [2.24, 2.45) is 0 Å². The van der Waals surface area contributed by atoms with Crippen LogP contribution in [0.4, 0.5) is 5.69 Å². The van der Waals surface area contributed by atoms with Gasteiger partial charge in [0.05, 0.1) is 12.7 Å². The van der Waals surface area contributed by atoms with Crippen molar-refractivity contribution in [3.05, 3.63) is 23.8 Å². The first-order valence-corrected chi connectivity index (χ1v) is 9.26. The van der Waals surface area contributed by atoms with E-state index in [2.05, 4.69) is 31.0 Å². The number of aldehydes is 1. The topological polar surface area (TPSA) is 49.8 Å². The Morgan fingerprint density at radius 2 is 2.04 bits per heavy atom. The van der Waals surface area contributed by atoms with Crippen LogP contribution < -0.4 is 9.64 Å². The van der Waals surface area contributed by atoms with Crippen molar-refractivity contribution in [3.8, 4) is 5.75 Å². The summed E-state index contributed by atoms with van der Waals surface area (Å²) >= 11 is 0. The third kappa shape index (κ3) is 5.82. The zero-order valence-corrected chi connectivity index (χ0v) is 15.6. The molecule has 1 aliphatic rings. The van der Waals surface area contributed by atoms with Crippen LogP contribution in [-0.2, 0) is 11.2 Å². The first-order chi connectivity index (χ1) is 11.7. The van der Waals surface area contributed by atoms with Gasteiger partial charge in [-0.25, -0.2) is 0 Å². The van der Waals surface area contributed by atoms with Gasteiger partial charge in [0.2, 0.25) is 0 Å². The quantitative estimate of drug-likeness (QED) is 0.548. The molecule has 1 aromatic carbocycles. The molecular formula is C20H33NO3. The van der Waals surface area contributed by atoms with E-state index in [0.29, 0.717) is 12.5 Å². The van der Waals surface area contributed by atoms with Crippen LogP contribution in [0.5, 0.6) is 5.75 Å². The highest BCUT2D eigenvalue weighted by atomic mass is 16.5. The number of hydrogen-bond donors (Lipinski definition) is 1. The number of carbonyl (C=O) groups excluding carboxylic acids is 1. The lowest BCUT2D eigenvalue weighted by molar-refractivity contribution is -0.107. The third-order valence-corrected chi connectivity index (χ3v) is 4.37. The molecule has 0 amide bonds. The number of aryl methyl sites for hydroxylation is 1. The second-order valence-corrected chi connectivity index (χ2v) is 6.09. The third-order valence-electron chi connectivity index (χ3n) is 4.37. The number of ether oxygens (including phenoxy) is 1. The molecule has 0 spiro atoms. The number of aliphatic hydroxyl groups is 1. The van der Waals surface area contributed by atoms with Crippen LogP contribution in [0.3, 0.4) is 0 Å². The van der Waals surface area contributed by atoms with Gasteiger partial charge >= 0.3 is 0 Å². The summed E-state index contributed by atoms with van der Waals surface area (Å²) in [7, 11) is 2.06. The van der Waals surface area contributed by atoms with Crippen molar-refractivity contribution in [1.29, 1.82) is 0 Å². The van der Waals surface area contributed by atoms with E-state index in [9.17, 15) is 9.90 Å². The number of nitrogens with zero attached hydrogens (tertiary/aromatic N) is 1. The summed E-state index contributed by atoms with van der Waals surface area (Å²) in [5.74, 6) is 0.875. The Labute approximate surface area is 146 Å². The molecule has 4 nitrogen and oxygen atoms in total. The highest BCUT2D eigenvalue weighted by Gasteiger charge is 2.31. The number of anilines is 1. The molecule has 0 heterocycles. The van der Waals surface area contributed by atoms with Crippen LogP contribution in [0, 0.1) is 0 Å². The van der Waals surface area contributed by atoms with Crippen molar-refractivity contribution in [1.82, 2.24) is 0 Å². The van der Waals surface area contributed by atoms with E-state index in [1.807, 2.05) is 19.9 Å². The number of benzene rings is 1. The Balaban J connectivity index is 0.00000139. The minimum Gasteiger partial charge on any atom is -0.494 e. The van der Waals surface area contributed by atoms with Crippen LogP contribution in [0.15, 0.2) is 18.2 Å². The maximum Gasteiger partial charge on any atom is 0.120 e. The molecule has 0 atom stereocenters. The van der Waals surface area contributed by atoms with E-state index >= 15 is 0 Å². The molecule has 1 N–H and O–H groups in total. The van der Waals surface area contributed by atoms with Crippen molar-refractivity contribution in [2.45, 2.75) is 71.4 Å². The molecule has 4 heteroatoms. The summed E-state index contributed by atoms with van der Waals surface area (Å²) in [5.41, 5.74) is 2.28. The lowest BCUT2D eigenvalue weighted by Crippen LogP contribution is -2.45. The van der Waals surface area contributed by atoms with E-state index in [1.165, 1.54) is 0 Å². The van der Waals surface area contributed by atoms with Gasteiger partial charge in [-0.05, 0) is 49.4 Å². The number of unbranched alkanes of at least 4 members (excludes halogenated alkanes) is 1. The summed E-state index contributed by atoms with van der Waals surface area (Å²) in [6.45, 7) is 6.87. The molecule has 0 radical (unpaired) electrons. The van der Waals surface area contributed by atoms with Crippen LogP contribution in [0.2, 0.25) is 0 Å². The molecule has 1 aliphatic carbocycles. The van der Waals surface area contributed by atoms with E-state index in [0.717, 1.165) is 62.0 Å². The van der Waals surface area contributed by atoms with Gasteiger partial charge in [-0.2, -0.15) is 0 Å². The predicted octanol–water partition coefficient (Wildman–Crippen LogP) is 3.98. The fourth-order valence-electron chi connectivity index (χ4n) is 2.82. The highest BCUT2D eigenvalue weighted by molar-refractivity contribution is 5.59. The summed E-state index contributed by atoms with van der Waals surface area (Å²) < 4.78 is 5.77. The molecule has 24 heavy (non-hydrogen) atoms. The Morgan fingerprint density at radius 1 is 1.33 bits per heavy atom. The molecule has 136 valence electrons. The molecule has 0 bridgehead atoms. The lowest BCUT2D eigenvalue weighted by atomic mass is 9.87. The van der Waals surface area contributed by atoms with Gasteiger partial charge in [-0.1, -0.05) is 27.2 Å². The predicted molar refractivity (Wildman–Crippen MR) is 100 cm³/mol. The van der Waals surface area contributed by atoms with E-state index < -0.39 is 0 Å². The Morgan fingerprint density at radius 3 is 2.62 bits per heavy atom. The highest BCUT2D eigenvalue weighted by Crippen LogP contribution is 2.33. The molecule has 1 fully saturated rings. The van der Waals surface area contributed by atoms with E-state index in [-0.39, 0.29) is 6.10 Å². The number of aliphatic hydroxyl groups excluding tert-OH is 1. The van der Waals surface area contributed by atoms with Crippen molar-refractivity contribution >= 4 is 12.0 Å². The average molecular weight is 335 g/mol. The van der Waals surface area contributed by atoms with Crippen molar-refractivity contribution < 1.29 is 14.6 Å². The summed E-state index contributed by atoms with van der Waals surface area (Å²) in [6.07, 6.45) is 5.84. The van der Waals surface area contributed by atoms with E-state index in [4.69, 9.17) is 4.74 Å².